The van der Waals surface area contributed by atoms with E-state index in [1.54, 1.807) is 24.3 Å². The number of carbonyl (C=O) groups is 2. The molecule has 1 amide bonds. The maximum absolute atomic E-state index is 12.5. The first-order chi connectivity index (χ1) is 14.7. The zero-order valence-corrected chi connectivity index (χ0v) is 17.6. The fourth-order valence-corrected chi connectivity index (χ4v) is 3.46. The summed E-state index contributed by atoms with van der Waals surface area (Å²) in [5.41, 5.74) is 0.620. The highest BCUT2D eigenvalue weighted by molar-refractivity contribution is 5.98. The third-order valence-electron chi connectivity index (χ3n) is 5.20. The normalized spacial score (nSPS) is 14.4. The molecule has 160 valence electrons. The molecular weight excluding hydrogens is 380 g/mol. The number of ketones is 1. The van der Waals surface area contributed by atoms with Gasteiger partial charge in [0, 0.05) is 51.1 Å². The number of para-hydroxylation sites is 1. The van der Waals surface area contributed by atoms with Crippen molar-refractivity contribution in [1.29, 1.82) is 0 Å². The van der Waals surface area contributed by atoms with Crippen molar-refractivity contribution in [1.82, 2.24) is 9.80 Å². The van der Waals surface area contributed by atoms with Crippen LogP contribution in [0.25, 0.3) is 0 Å². The van der Waals surface area contributed by atoms with E-state index < -0.39 is 0 Å². The van der Waals surface area contributed by atoms with Gasteiger partial charge in [-0.15, -0.1) is 0 Å². The average molecular weight is 411 g/mol. The van der Waals surface area contributed by atoms with Gasteiger partial charge in [-0.2, -0.15) is 0 Å². The molecule has 3 rings (SSSR count). The summed E-state index contributed by atoms with van der Waals surface area (Å²) in [5, 5.41) is 0. The molecule has 6 nitrogen and oxygen atoms in total. The van der Waals surface area contributed by atoms with Crippen molar-refractivity contribution in [3.05, 3.63) is 60.2 Å². The van der Waals surface area contributed by atoms with Gasteiger partial charge < -0.3 is 14.4 Å². The van der Waals surface area contributed by atoms with Crippen LogP contribution in [-0.4, -0.2) is 67.4 Å². The lowest BCUT2D eigenvalue weighted by Crippen LogP contribution is -2.49. The number of ether oxygens (including phenoxy) is 2. The number of piperazine rings is 1. The topological polar surface area (TPSA) is 59.1 Å². The molecule has 1 aliphatic rings. The van der Waals surface area contributed by atoms with Crippen molar-refractivity contribution in [2.45, 2.75) is 19.8 Å². The Morgan fingerprint density at radius 3 is 2.17 bits per heavy atom. The lowest BCUT2D eigenvalue weighted by atomic mass is 10.1. The van der Waals surface area contributed by atoms with Crippen LogP contribution < -0.4 is 9.47 Å². The van der Waals surface area contributed by atoms with E-state index in [1.165, 1.54) is 0 Å². The third kappa shape index (κ3) is 6.59. The van der Waals surface area contributed by atoms with Crippen LogP contribution in [0, 0.1) is 0 Å². The molecule has 1 aliphatic heterocycles. The minimum absolute atomic E-state index is 0.0110. The molecule has 0 unspecified atom stereocenters. The first kappa shape index (κ1) is 21.8. The van der Waals surface area contributed by atoms with Gasteiger partial charge in [0.05, 0.1) is 6.61 Å². The largest absolute Gasteiger partial charge is 0.494 e. The van der Waals surface area contributed by atoms with Crippen molar-refractivity contribution >= 4 is 11.7 Å². The number of benzene rings is 2. The van der Waals surface area contributed by atoms with E-state index in [4.69, 9.17) is 9.47 Å². The maximum Gasteiger partial charge on any atom is 0.223 e. The van der Waals surface area contributed by atoms with Crippen LogP contribution in [-0.2, 0) is 4.79 Å². The molecule has 2 aromatic carbocycles. The molecule has 1 heterocycles. The van der Waals surface area contributed by atoms with Gasteiger partial charge in [0.15, 0.2) is 5.78 Å². The number of carbonyl (C=O) groups excluding carboxylic acids is 2. The van der Waals surface area contributed by atoms with Gasteiger partial charge in [0.2, 0.25) is 5.91 Å². The number of hydrogen-bond acceptors (Lipinski definition) is 5. The highest BCUT2D eigenvalue weighted by Crippen LogP contribution is 2.15. The molecule has 0 aromatic heterocycles. The van der Waals surface area contributed by atoms with E-state index in [0.717, 1.165) is 31.1 Å². The van der Waals surface area contributed by atoms with E-state index in [-0.39, 0.29) is 24.5 Å². The molecular formula is C24H30N2O4. The van der Waals surface area contributed by atoms with E-state index in [2.05, 4.69) is 4.90 Å². The Morgan fingerprint density at radius 2 is 1.50 bits per heavy atom. The smallest absolute Gasteiger partial charge is 0.223 e. The number of amides is 1. The third-order valence-corrected chi connectivity index (χ3v) is 5.20. The number of nitrogens with zero attached hydrogens (tertiary/aromatic N) is 2. The summed E-state index contributed by atoms with van der Waals surface area (Å²) in [6.07, 6.45) is 0.487. The van der Waals surface area contributed by atoms with Gasteiger partial charge in [-0.3, -0.25) is 14.5 Å². The Balaban J connectivity index is 1.34. The summed E-state index contributed by atoms with van der Waals surface area (Å²) in [7, 11) is 0. The number of Topliss-reactive ketones (excluding diaryl/α,β-unsaturated/α-hetero) is 1. The van der Waals surface area contributed by atoms with Crippen molar-refractivity contribution in [2.24, 2.45) is 0 Å². The molecule has 0 N–H and O–H groups in total. The number of rotatable bonds is 10. The fourth-order valence-electron chi connectivity index (χ4n) is 3.46. The minimum Gasteiger partial charge on any atom is -0.494 e. The minimum atomic E-state index is -0.0110. The highest BCUT2D eigenvalue weighted by atomic mass is 16.5. The predicted molar refractivity (Wildman–Crippen MR) is 116 cm³/mol. The van der Waals surface area contributed by atoms with Crippen LogP contribution in [0.5, 0.6) is 11.5 Å². The molecule has 0 bridgehead atoms. The van der Waals surface area contributed by atoms with Crippen molar-refractivity contribution < 1.29 is 19.1 Å². The van der Waals surface area contributed by atoms with Crippen LogP contribution in [0.4, 0.5) is 0 Å². The molecule has 1 saturated heterocycles. The standard InChI is InChI=1S/C24H30N2O4/c1-2-29-22-10-8-20(9-11-22)23(27)12-13-24(28)26-16-14-25(15-17-26)18-19-30-21-6-4-3-5-7-21/h3-11H,2,12-19H2,1H3. The summed E-state index contributed by atoms with van der Waals surface area (Å²) in [5.74, 6) is 1.67. The van der Waals surface area contributed by atoms with E-state index in [1.807, 2.05) is 42.2 Å². The van der Waals surface area contributed by atoms with Gasteiger partial charge in [0.1, 0.15) is 18.1 Å². The molecule has 0 saturated carbocycles. The summed E-state index contributed by atoms with van der Waals surface area (Å²) in [4.78, 5) is 29.0. The SMILES string of the molecule is CCOc1ccc(C(=O)CCC(=O)N2CCN(CCOc3ccccc3)CC2)cc1. The molecule has 0 aliphatic carbocycles. The predicted octanol–water partition coefficient (Wildman–Crippen LogP) is 3.27. The summed E-state index contributed by atoms with van der Waals surface area (Å²) < 4.78 is 11.1. The fraction of sp³-hybridized carbons (Fsp3) is 0.417. The average Bonchev–Trinajstić information content (AvgIpc) is 2.79. The van der Waals surface area contributed by atoms with Crippen LogP contribution in [0.3, 0.4) is 0 Å². The van der Waals surface area contributed by atoms with Gasteiger partial charge in [0.25, 0.3) is 0 Å². The Hall–Kier alpha value is -2.86. The Morgan fingerprint density at radius 1 is 0.833 bits per heavy atom. The summed E-state index contributed by atoms with van der Waals surface area (Å²) in [6, 6.07) is 16.9. The van der Waals surface area contributed by atoms with Crippen LogP contribution in [0.1, 0.15) is 30.1 Å². The first-order valence-electron chi connectivity index (χ1n) is 10.6. The molecule has 30 heavy (non-hydrogen) atoms. The molecule has 0 spiro atoms. The second kappa shape index (κ2) is 11.4. The molecule has 0 atom stereocenters. The van der Waals surface area contributed by atoms with Gasteiger partial charge in [-0.1, -0.05) is 18.2 Å². The quantitative estimate of drug-likeness (QED) is 0.563. The van der Waals surface area contributed by atoms with Crippen molar-refractivity contribution in [3.8, 4) is 11.5 Å². The van der Waals surface area contributed by atoms with Crippen molar-refractivity contribution in [2.75, 3.05) is 45.9 Å². The first-order valence-corrected chi connectivity index (χ1v) is 10.6. The second-order valence-corrected chi connectivity index (χ2v) is 7.26. The highest BCUT2D eigenvalue weighted by Gasteiger charge is 2.21. The van der Waals surface area contributed by atoms with Crippen molar-refractivity contribution in [3.63, 3.8) is 0 Å². The molecule has 1 fully saturated rings. The van der Waals surface area contributed by atoms with E-state index >= 15 is 0 Å². The monoisotopic (exact) mass is 410 g/mol. The Bertz CT molecular complexity index is 800. The lowest BCUT2D eigenvalue weighted by molar-refractivity contribution is -0.132. The zero-order valence-electron chi connectivity index (χ0n) is 17.6. The summed E-state index contributed by atoms with van der Waals surface area (Å²) in [6.45, 7) is 7.04. The molecule has 0 radical (unpaired) electrons. The maximum atomic E-state index is 12.5. The van der Waals surface area contributed by atoms with Crippen LogP contribution in [0.15, 0.2) is 54.6 Å². The van der Waals surface area contributed by atoms with E-state index in [0.29, 0.717) is 31.9 Å². The van der Waals surface area contributed by atoms with Crippen LogP contribution in [0.2, 0.25) is 0 Å². The van der Waals surface area contributed by atoms with Crippen LogP contribution >= 0.6 is 0 Å². The summed E-state index contributed by atoms with van der Waals surface area (Å²) >= 11 is 0. The van der Waals surface area contributed by atoms with E-state index in [9.17, 15) is 9.59 Å². The molecule has 6 heteroatoms. The van der Waals surface area contributed by atoms with Gasteiger partial charge >= 0.3 is 0 Å². The lowest BCUT2D eigenvalue weighted by Gasteiger charge is -2.34. The number of hydrogen-bond donors (Lipinski definition) is 0. The second-order valence-electron chi connectivity index (χ2n) is 7.26. The van der Waals surface area contributed by atoms with Gasteiger partial charge in [-0.05, 0) is 43.3 Å². The van der Waals surface area contributed by atoms with Gasteiger partial charge in [-0.25, -0.2) is 0 Å². The Kier molecular flexibility index (Phi) is 8.27. The molecule has 2 aromatic rings. The zero-order chi connectivity index (χ0) is 21.2. The Labute approximate surface area is 178 Å².